The molecule has 1 saturated heterocycles. The third-order valence-corrected chi connectivity index (χ3v) is 9.87. The maximum absolute atomic E-state index is 9.67. The Labute approximate surface area is 285 Å². The molecule has 4 rings (SSSR count). The fourth-order valence-corrected chi connectivity index (χ4v) is 6.85. The summed E-state index contributed by atoms with van der Waals surface area (Å²) >= 11 is 0. The van der Waals surface area contributed by atoms with E-state index >= 15 is 0 Å². The van der Waals surface area contributed by atoms with E-state index in [1.165, 1.54) is 77.0 Å². The Bertz CT molecular complexity index is 1260. The van der Waals surface area contributed by atoms with Crippen LogP contribution in [-0.4, -0.2) is 35.7 Å². The van der Waals surface area contributed by atoms with Gasteiger partial charge in [-0.15, -0.1) is 0 Å². The third kappa shape index (κ3) is 11.8. The van der Waals surface area contributed by atoms with Crippen molar-refractivity contribution >= 4 is 0 Å². The van der Waals surface area contributed by atoms with Crippen molar-refractivity contribution in [3.05, 3.63) is 95.1 Å². The van der Waals surface area contributed by atoms with Crippen LogP contribution >= 0.6 is 0 Å². The van der Waals surface area contributed by atoms with Crippen LogP contribution in [0.1, 0.15) is 132 Å². The van der Waals surface area contributed by atoms with Gasteiger partial charge < -0.3 is 25.2 Å². The highest BCUT2D eigenvalue weighted by atomic mass is 16.7. The Morgan fingerprint density at radius 1 is 0.660 bits per heavy atom. The van der Waals surface area contributed by atoms with Gasteiger partial charge in [0.05, 0.1) is 18.8 Å². The zero-order valence-corrected chi connectivity index (χ0v) is 29.5. The minimum atomic E-state index is -0.471. The van der Waals surface area contributed by atoms with E-state index in [-0.39, 0.29) is 24.7 Å². The number of ether oxygens (including phenoxy) is 2. The van der Waals surface area contributed by atoms with Crippen LogP contribution in [0.25, 0.3) is 11.1 Å². The van der Waals surface area contributed by atoms with Crippen LogP contribution in [0.15, 0.2) is 72.8 Å². The van der Waals surface area contributed by atoms with Gasteiger partial charge in [-0.3, -0.25) is 0 Å². The lowest BCUT2D eigenvalue weighted by Crippen LogP contribution is -2.45. The monoisotopic (exact) mass is 642 g/mol. The lowest BCUT2D eigenvalue weighted by atomic mass is 9.89. The van der Waals surface area contributed by atoms with Crippen molar-refractivity contribution < 1.29 is 14.6 Å². The molecule has 0 aromatic heterocycles. The normalized spacial score (nSPS) is 19.8. The number of hydrogen-bond acceptors (Lipinski definition) is 5. The number of nitrogens with two attached hydrogens (primary N) is 1. The summed E-state index contributed by atoms with van der Waals surface area (Å²) in [5.74, 6) is 0.173. The minimum Gasteiger partial charge on any atom is -0.392 e. The highest BCUT2D eigenvalue weighted by Gasteiger charge is 2.39. The lowest BCUT2D eigenvalue weighted by Gasteiger charge is -2.43. The number of unbranched alkanes of at least 4 members (excludes halogenated alkanes) is 10. The zero-order chi connectivity index (χ0) is 33.3. The van der Waals surface area contributed by atoms with E-state index in [0.717, 1.165) is 53.0 Å². The molecule has 3 aromatic carbocycles. The van der Waals surface area contributed by atoms with Crippen LogP contribution in [0, 0.1) is 5.92 Å². The molecule has 3 aromatic rings. The highest BCUT2D eigenvalue weighted by molar-refractivity contribution is 5.65. The second-order valence-electron chi connectivity index (χ2n) is 13.7. The van der Waals surface area contributed by atoms with Crippen molar-refractivity contribution in [2.24, 2.45) is 11.7 Å². The first kappa shape index (κ1) is 37.3. The number of hydrogen-bond donors (Lipinski definition) is 2. The molecule has 4 atom stereocenters. The molecule has 1 aliphatic heterocycles. The highest BCUT2D eigenvalue weighted by Crippen LogP contribution is 2.42. The predicted molar refractivity (Wildman–Crippen MR) is 196 cm³/mol. The third-order valence-electron chi connectivity index (χ3n) is 9.87. The summed E-state index contributed by atoms with van der Waals surface area (Å²) in [5, 5.41) is 9.67. The van der Waals surface area contributed by atoms with E-state index in [1.807, 2.05) is 12.1 Å². The molecule has 5 heteroatoms. The number of aliphatic hydroxyl groups is 1. The van der Waals surface area contributed by atoms with E-state index in [2.05, 4.69) is 86.3 Å². The summed E-state index contributed by atoms with van der Waals surface area (Å²) in [6.45, 7) is 10.6. The van der Waals surface area contributed by atoms with Crippen molar-refractivity contribution in [2.45, 2.75) is 129 Å². The van der Waals surface area contributed by atoms with Crippen molar-refractivity contribution in [2.75, 3.05) is 19.6 Å². The number of benzene rings is 3. The molecule has 0 amide bonds. The summed E-state index contributed by atoms with van der Waals surface area (Å²) < 4.78 is 13.8. The molecule has 0 unspecified atom stereocenters. The largest absolute Gasteiger partial charge is 0.392 e. The summed E-state index contributed by atoms with van der Waals surface area (Å²) in [5.41, 5.74) is 12.4. The van der Waals surface area contributed by atoms with Crippen LogP contribution < -0.4 is 5.73 Å². The Hall–Kier alpha value is -2.54. The minimum absolute atomic E-state index is 0.0284. The number of nitrogens with zero attached hydrogens (tertiary/aromatic N) is 1. The van der Waals surface area contributed by atoms with Gasteiger partial charge >= 0.3 is 0 Å². The van der Waals surface area contributed by atoms with E-state index in [1.54, 1.807) is 0 Å². The Kier molecular flexibility index (Phi) is 16.5. The van der Waals surface area contributed by atoms with Crippen molar-refractivity contribution in [1.82, 2.24) is 4.90 Å². The van der Waals surface area contributed by atoms with Gasteiger partial charge in [0.2, 0.25) is 0 Å². The second kappa shape index (κ2) is 20.7. The smallest absolute Gasteiger partial charge is 0.184 e. The van der Waals surface area contributed by atoms with Crippen molar-refractivity contribution in [1.29, 1.82) is 0 Å². The molecule has 0 spiro atoms. The Morgan fingerprint density at radius 3 is 1.87 bits per heavy atom. The average Bonchev–Trinajstić information content (AvgIpc) is 3.12. The molecule has 5 nitrogen and oxygen atoms in total. The molecule has 1 heterocycles. The standard InChI is InChI=1S/C42H62N2O3/c1-4-6-8-10-12-14-26-44(27-15-13-11-9-7-5-2)31-40-33(3)41(36-24-22-34(32-45)23-25-36)47-42(46-40)39-21-17-20-38(29-39)37-19-16-18-35(28-37)30-43/h16-25,28-29,33,40-42,45H,4-15,26-27,30-32,43H2,1-3H3/t33-,40+,41+,42+/m0/s1. The van der Waals surface area contributed by atoms with Crippen LogP contribution in [0.5, 0.6) is 0 Å². The summed E-state index contributed by atoms with van der Waals surface area (Å²) in [6, 6.07) is 25.3. The molecular formula is C42H62N2O3. The molecule has 1 aliphatic rings. The van der Waals surface area contributed by atoms with E-state index in [9.17, 15) is 5.11 Å². The van der Waals surface area contributed by atoms with Gasteiger partial charge in [-0.1, -0.05) is 146 Å². The van der Waals surface area contributed by atoms with Crippen LogP contribution in [-0.2, 0) is 22.6 Å². The van der Waals surface area contributed by atoms with Gasteiger partial charge in [-0.2, -0.15) is 0 Å². The van der Waals surface area contributed by atoms with Gasteiger partial charge in [-0.25, -0.2) is 0 Å². The summed E-state index contributed by atoms with van der Waals surface area (Å²) in [7, 11) is 0. The topological polar surface area (TPSA) is 68.0 Å². The predicted octanol–water partition coefficient (Wildman–Crippen LogP) is 10.1. The molecule has 0 radical (unpaired) electrons. The molecule has 47 heavy (non-hydrogen) atoms. The van der Waals surface area contributed by atoms with Crippen molar-refractivity contribution in [3.63, 3.8) is 0 Å². The van der Waals surface area contributed by atoms with Crippen LogP contribution in [0.3, 0.4) is 0 Å². The maximum atomic E-state index is 9.67. The first-order valence-electron chi connectivity index (χ1n) is 18.7. The summed E-state index contributed by atoms with van der Waals surface area (Å²) in [6.07, 6.45) is 15.2. The summed E-state index contributed by atoms with van der Waals surface area (Å²) in [4.78, 5) is 2.68. The Morgan fingerprint density at radius 2 is 1.26 bits per heavy atom. The van der Waals surface area contributed by atoms with Gasteiger partial charge in [-0.05, 0) is 65.9 Å². The molecule has 0 aliphatic carbocycles. The van der Waals surface area contributed by atoms with Gasteiger partial charge in [0.25, 0.3) is 0 Å². The molecule has 258 valence electrons. The lowest BCUT2D eigenvalue weighted by molar-refractivity contribution is -0.276. The first-order chi connectivity index (χ1) is 23.1. The quantitative estimate of drug-likeness (QED) is 0.113. The van der Waals surface area contributed by atoms with Gasteiger partial charge in [0, 0.05) is 24.6 Å². The maximum Gasteiger partial charge on any atom is 0.184 e. The average molecular weight is 643 g/mol. The van der Waals surface area contributed by atoms with E-state index in [0.29, 0.717) is 6.54 Å². The Balaban J connectivity index is 1.55. The van der Waals surface area contributed by atoms with E-state index < -0.39 is 6.29 Å². The van der Waals surface area contributed by atoms with Gasteiger partial charge in [0.1, 0.15) is 0 Å². The van der Waals surface area contributed by atoms with E-state index in [4.69, 9.17) is 15.2 Å². The molecule has 3 N–H and O–H groups in total. The fourth-order valence-electron chi connectivity index (χ4n) is 6.85. The van der Waals surface area contributed by atoms with Gasteiger partial charge in [0.15, 0.2) is 6.29 Å². The number of rotatable bonds is 21. The zero-order valence-electron chi connectivity index (χ0n) is 29.5. The SMILES string of the molecule is CCCCCCCCN(CCCCCCCC)C[C@H]1O[C@@H](c2cccc(-c3cccc(CN)c3)c2)O[C@@H](c2ccc(CO)cc2)[C@H]1C. The number of aliphatic hydroxyl groups excluding tert-OH is 1. The fraction of sp³-hybridized carbons (Fsp3) is 0.571. The first-order valence-corrected chi connectivity index (χ1v) is 18.7. The molecular weight excluding hydrogens is 580 g/mol. The van der Waals surface area contributed by atoms with Crippen molar-refractivity contribution in [3.8, 4) is 11.1 Å². The molecule has 1 fully saturated rings. The molecule has 0 bridgehead atoms. The van der Waals surface area contributed by atoms with Crippen LogP contribution in [0.2, 0.25) is 0 Å². The second-order valence-corrected chi connectivity index (χ2v) is 13.7. The van der Waals surface area contributed by atoms with Crippen LogP contribution in [0.4, 0.5) is 0 Å². The molecule has 0 saturated carbocycles.